The Morgan fingerprint density at radius 2 is 2.19 bits per heavy atom. The van der Waals surface area contributed by atoms with E-state index in [4.69, 9.17) is 5.73 Å². The lowest BCUT2D eigenvalue weighted by Crippen LogP contribution is -2.48. The molecule has 4 nitrogen and oxygen atoms in total. The molecule has 1 heterocycles. The normalized spacial score (nSPS) is 25.6. The lowest BCUT2D eigenvalue weighted by molar-refractivity contribution is -0.117. The predicted octanol–water partition coefficient (Wildman–Crippen LogP) is 1.78. The highest BCUT2D eigenvalue weighted by Gasteiger charge is 2.24. The Balaban J connectivity index is 1.54. The zero-order chi connectivity index (χ0) is 14.8. The second-order valence-corrected chi connectivity index (χ2v) is 6.55. The Labute approximate surface area is 126 Å². The van der Waals surface area contributed by atoms with E-state index in [1.54, 1.807) is 0 Å². The Morgan fingerprint density at radius 1 is 1.38 bits per heavy atom. The van der Waals surface area contributed by atoms with Gasteiger partial charge in [-0.25, -0.2) is 0 Å². The van der Waals surface area contributed by atoms with E-state index in [0.717, 1.165) is 31.6 Å². The third kappa shape index (κ3) is 3.44. The molecule has 1 aromatic carbocycles. The molecule has 2 unspecified atom stereocenters. The number of amides is 1. The predicted molar refractivity (Wildman–Crippen MR) is 85.3 cm³/mol. The van der Waals surface area contributed by atoms with Crippen LogP contribution in [0.5, 0.6) is 0 Å². The molecule has 2 aliphatic rings. The number of piperidine rings is 1. The van der Waals surface area contributed by atoms with Crippen molar-refractivity contribution in [3.63, 3.8) is 0 Å². The van der Waals surface area contributed by atoms with Crippen molar-refractivity contribution in [3.05, 3.63) is 29.3 Å². The van der Waals surface area contributed by atoms with Crippen molar-refractivity contribution in [2.75, 3.05) is 25.0 Å². The summed E-state index contributed by atoms with van der Waals surface area (Å²) in [6, 6.07) is 6.59. The Morgan fingerprint density at radius 3 is 3.00 bits per heavy atom. The van der Waals surface area contributed by atoms with Crippen molar-refractivity contribution < 1.29 is 4.79 Å². The Kier molecular flexibility index (Phi) is 4.27. The molecule has 2 atom stereocenters. The first-order chi connectivity index (χ1) is 10.1. The van der Waals surface area contributed by atoms with Gasteiger partial charge in [0.1, 0.15) is 0 Å². The third-order valence-corrected chi connectivity index (χ3v) is 4.81. The molecule has 0 aromatic heterocycles. The molecule has 0 saturated carbocycles. The number of anilines is 1. The highest BCUT2D eigenvalue weighted by Crippen LogP contribution is 2.25. The molecule has 0 bridgehead atoms. The maximum atomic E-state index is 12.2. The third-order valence-electron chi connectivity index (χ3n) is 4.81. The molecule has 3 rings (SSSR count). The number of hydrogen-bond acceptors (Lipinski definition) is 3. The molecule has 114 valence electrons. The molecular formula is C17H25N3O. The van der Waals surface area contributed by atoms with Crippen LogP contribution >= 0.6 is 0 Å². The summed E-state index contributed by atoms with van der Waals surface area (Å²) in [5.74, 6) is 0.544. The van der Waals surface area contributed by atoms with Gasteiger partial charge in [0.25, 0.3) is 0 Å². The van der Waals surface area contributed by atoms with Gasteiger partial charge >= 0.3 is 0 Å². The van der Waals surface area contributed by atoms with Crippen LogP contribution in [0.3, 0.4) is 0 Å². The Hall–Kier alpha value is -1.39. The van der Waals surface area contributed by atoms with E-state index in [2.05, 4.69) is 29.3 Å². The van der Waals surface area contributed by atoms with Gasteiger partial charge in [-0.3, -0.25) is 9.69 Å². The molecule has 0 radical (unpaired) electrons. The van der Waals surface area contributed by atoms with Gasteiger partial charge in [-0.1, -0.05) is 13.0 Å². The molecule has 1 aromatic rings. The molecule has 3 N–H and O–H groups in total. The second-order valence-electron chi connectivity index (χ2n) is 6.55. The smallest absolute Gasteiger partial charge is 0.238 e. The number of fused-ring (bicyclic) bond motifs is 1. The summed E-state index contributed by atoms with van der Waals surface area (Å²) in [5, 5.41) is 3.03. The zero-order valence-electron chi connectivity index (χ0n) is 12.8. The molecule has 0 spiro atoms. The fourth-order valence-corrected chi connectivity index (χ4v) is 3.45. The lowest BCUT2D eigenvalue weighted by Gasteiger charge is -2.34. The van der Waals surface area contributed by atoms with E-state index in [9.17, 15) is 4.79 Å². The summed E-state index contributed by atoms with van der Waals surface area (Å²) < 4.78 is 0. The quantitative estimate of drug-likeness (QED) is 0.891. The van der Waals surface area contributed by atoms with Gasteiger partial charge in [-0.2, -0.15) is 0 Å². The SMILES string of the molecule is CC1CN(CC(=O)Nc2ccc3c(c2)CCC3)CCC1N. The molecule has 1 aliphatic heterocycles. The van der Waals surface area contributed by atoms with Crippen LogP contribution in [0.1, 0.15) is 30.9 Å². The van der Waals surface area contributed by atoms with Crippen molar-refractivity contribution in [2.24, 2.45) is 11.7 Å². The van der Waals surface area contributed by atoms with Crippen LogP contribution in [-0.4, -0.2) is 36.5 Å². The van der Waals surface area contributed by atoms with Crippen LogP contribution in [0.2, 0.25) is 0 Å². The summed E-state index contributed by atoms with van der Waals surface area (Å²) in [5.41, 5.74) is 9.78. The molecule has 21 heavy (non-hydrogen) atoms. The molecule has 1 aliphatic carbocycles. The number of nitrogens with one attached hydrogen (secondary N) is 1. The summed E-state index contributed by atoms with van der Waals surface area (Å²) in [4.78, 5) is 14.4. The molecule has 1 saturated heterocycles. The topological polar surface area (TPSA) is 58.4 Å². The number of carbonyl (C=O) groups is 1. The molecule has 1 amide bonds. The van der Waals surface area contributed by atoms with Crippen molar-refractivity contribution >= 4 is 11.6 Å². The number of nitrogens with two attached hydrogens (primary N) is 1. The largest absolute Gasteiger partial charge is 0.327 e. The number of aryl methyl sites for hydroxylation is 2. The van der Waals surface area contributed by atoms with Gasteiger partial charge in [0.2, 0.25) is 5.91 Å². The van der Waals surface area contributed by atoms with E-state index in [1.165, 1.54) is 24.0 Å². The van der Waals surface area contributed by atoms with Gasteiger partial charge in [-0.15, -0.1) is 0 Å². The van der Waals surface area contributed by atoms with Gasteiger partial charge in [0, 0.05) is 24.8 Å². The van der Waals surface area contributed by atoms with E-state index in [0.29, 0.717) is 12.5 Å². The number of hydrogen-bond donors (Lipinski definition) is 2. The number of rotatable bonds is 3. The first-order valence-corrected chi connectivity index (χ1v) is 8.01. The lowest BCUT2D eigenvalue weighted by atomic mass is 9.95. The number of nitrogens with zero attached hydrogens (tertiary/aromatic N) is 1. The van der Waals surface area contributed by atoms with Crippen LogP contribution in [-0.2, 0) is 17.6 Å². The maximum Gasteiger partial charge on any atom is 0.238 e. The average Bonchev–Trinajstić information content (AvgIpc) is 2.90. The molecule has 4 heteroatoms. The van der Waals surface area contributed by atoms with Gasteiger partial charge < -0.3 is 11.1 Å². The first-order valence-electron chi connectivity index (χ1n) is 8.01. The first kappa shape index (κ1) is 14.5. The monoisotopic (exact) mass is 287 g/mol. The second kappa shape index (κ2) is 6.16. The molecular weight excluding hydrogens is 262 g/mol. The highest BCUT2D eigenvalue weighted by atomic mass is 16.2. The number of carbonyl (C=O) groups excluding carboxylic acids is 1. The van der Waals surface area contributed by atoms with Crippen LogP contribution in [0.15, 0.2) is 18.2 Å². The van der Waals surface area contributed by atoms with Gasteiger partial charge in [0.15, 0.2) is 0 Å². The summed E-state index contributed by atoms with van der Waals surface area (Å²) in [6.45, 7) is 4.46. The van der Waals surface area contributed by atoms with Crippen molar-refractivity contribution in [3.8, 4) is 0 Å². The van der Waals surface area contributed by atoms with Crippen LogP contribution in [0, 0.1) is 5.92 Å². The van der Waals surface area contributed by atoms with Gasteiger partial charge in [0.05, 0.1) is 6.54 Å². The van der Waals surface area contributed by atoms with Crippen LogP contribution in [0.4, 0.5) is 5.69 Å². The highest BCUT2D eigenvalue weighted by molar-refractivity contribution is 5.92. The van der Waals surface area contributed by atoms with E-state index in [-0.39, 0.29) is 11.9 Å². The fourth-order valence-electron chi connectivity index (χ4n) is 3.45. The number of benzene rings is 1. The Bertz CT molecular complexity index is 529. The van der Waals surface area contributed by atoms with Crippen molar-refractivity contribution in [1.29, 1.82) is 0 Å². The fraction of sp³-hybridized carbons (Fsp3) is 0.588. The van der Waals surface area contributed by atoms with E-state index in [1.807, 2.05) is 6.07 Å². The zero-order valence-corrected chi connectivity index (χ0v) is 12.8. The van der Waals surface area contributed by atoms with E-state index >= 15 is 0 Å². The van der Waals surface area contributed by atoms with Crippen LogP contribution in [0.25, 0.3) is 0 Å². The maximum absolute atomic E-state index is 12.2. The summed E-state index contributed by atoms with van der Waals surface area (Å²) in [6.07, 6.45) is 4.53. The minimum absolute atomic E-state index is 0.0793. The minimum Gasteiger partial charge on any atom is -0.327 e. The average molecular weight is 287 g/mol. The standard InChI is InChI=1S/C17H25N3O/c1-12-10-20(8-7-16(12)18)11-17(21)19-15-6-5-13-3-2-4-14(13)9-15/h5-6,9,12,16H,2-4,7-8,10-11,18H2,1H3,(H,19,21). The van der Waals surface area contributed by atoms with Crippen molar-refractivity contribution in [1.82, 2.24) is 4.90 Å². The van der Waals surface area contributed by atoms with E-state index < -0.39 is 0 Å². The summed E-state index contributed by atoms with van der Waals surface area (Å²) in [7, 11) is 0. The van der Waals surface area contributed by atoms with Crippen molar-refractivity contribution in [2.45, 2.75) is 38.6 Å². The van der Waals surface area contributed by atoms with Gasteiger partial charge in [-0.05, 0) is 54.9 Å². The van der Waals surface area contributed by atoms with Crippen LogP contribution < -0.4 is 11.1 Å². The summed E-state index contributed by atoms with van der Waals surface area (Å²) >= 11 is 0. The molecule has 1 fully saturated rings. The minimum atomic E-state index is 0.0793. The number of likely N-dealkylation sites (tertiary alicyclic amines) is 1.